The third-order valence-electron chi connectivity index (χ3n) is 5.45. The minimum absolute atomic E-state index is 0.0750. The maximum atomic E-state index is 13.3. The molecule has 3 aromatic carbocycles. The summed E-state index contributed by atoms with van der Waals surface area (Å²) in [5.41, 5.74) is 2.11. The highest BCUT2D eigenvalue weighted by atomic mass is 35.5. The Balaban J connectivity index is 1.68. The number of amides is 2. The molecule has 34 heavy (non-hydrogen) atoms. The molecule has 1 heterocycles. The zero-order valence-electron chi connectivity index (χ0n) is 18.8. The monoisotopic (exact) mass is 477 g/mol. The molecule has 174 valence electrons. The molecule has 0 bridgehead atoms. The van der Waals surface area contributed by atoms with E-state index in [0.717, 1.165) is 10.9 Å². The molecule has 2 N–H and O–H groups in total. The molecule has 8 heteroatoms. The van der Waals surface area contributed by atoms with Crippen molar-refractivity contribution in [2.45, 2.75) is 13.1 Å². The van der Waals surface area contributed by atoms with Gasteiger partial charge in [0.2, 0.25) is 0 Å². The Morgan fingerprint density at radius 1 is 0.941 bits per heavy atom. The highest BCUT2D eigenvalue weighted by Crippen LogP contribution is 2.24. The molecule has 0 atom stereocenters. The predicted molar refractivity (Wildman–Crippen MR) is 134 cm³/mol. The van der Waals surface area contributed by atoms with E-state index in [1.54, 1.807) is 55.5 Å². The van der Waals surface area contributed by atoms with Crippen LogP contribution in [-0.4, -0.2) is 30.1 Å². The standard InChI is InChI=1S/C26H24ClN3O4/c1-33-20-12-11-17-13-19(25(31)28-23(17)14-20)16-30(15-18-7-3-6-10-24(18)34-2)26(32)29-22-9-5-4-8-21(22)27/h3-14H,15-16H2,1-2H3,(H,28,31)(H,29,32). The van der Waals surface area contributed by atoms with Crippen LogP contribution in [0.5, 0.6) is 11.5 Å². The number of pyridine rings is 1. The molecule has 0 spiro atoms. The number of halogens is 1. The number of para-hydroxylation sites is 2. The number of rotatable bonds is 7. The molecule has 1 aromatic heterocycles. The lowest BCUT2D eigenvalue weighted by Gasteiger charge is -2.24. The molecule has 0 radical (unpaired) electrons. The van der Waals surface area contributed by atoms with E-state index in [0.29, 0.717) is 33.3 Å². The molecule has 0 aliphatic rings. The number of hydrogen-bond acceptors (Lipinski definition) is 4. The molecule has 0 aliphatic heterocycles. The van der Waals surface area contributed by atoms with Crippen LogP contribution in [0, 0.1) is 0 Å². The van der Waals surface area contributed by atoms with Crippen molar-refractivity contribution in [2.75, 3.05) is 19.5 Å². The van der Waals surface area contributed by atoms with Gasteiger partial charge in [-0.2, -0.15) is 0 Å². The highest BCUT2D eigenvalue weighted by molar-refractivity contribution is 6.33. The number of benzene rings is 3. The number of fused-ring (bicyclic) bond motifs is 1. The van der Waals surface area contributed by atoms with Gasteiger partial charge < -0.3 is 24.7 Å². The van der Waals surface area contributed by atoms with Gasteiger partial charge in [-0.05, 0) is 41.8 Å². The van der Waals surface area contributed by atoms with Gasteiger partial charge in [0.1, 0.15) is 11.5 Å². The van der Waals surface area contributed by atoms with Gasteiger partial charge in [-0.1, -0.05) is 41.9 Å². The first-order valence-corrected chi connectivity index (χ1v) is 11.0. The van der Waals surface area contributed by atoms with Crippen LogP contribution in [0.25, 0.3) is 10.9 Å². The molecule has 0 saturated heterocycles. The third kappa shape index (κ3) is 5.15. The minimum atomic E-state index is -0.395. The summed E-state index contributed by atoms with van der Waals surface area (Å²) in [5.74, 6) is 1.30. The van der Waals surface area contributed by atoms with E-state index in [1.807, 2.05) is 36.4 Å². The summed E-state index contributed by atoms with van der Waals surface area (Å²) in [5, 5.41) is 4.10. The Hall–Kier alpha value is -3.97. The van der Waals surface area contributed by atoms with Gasteiger partial charge in [0.05, 0.1) is 43.5 Å². The van der Waals surface area contributed by atoms with Crippen molar-refractivity contribution < 1.29 is 14.3 Å². The number of anilines is 1. The number of carbonyl (C=O) groups is 1. The Bertz CT molecular complexity index is 1390. The first-order valence-electron chi connectivity index (χ1n) is 10.6. The predicted octanol–water partition coefficient (Wildman–Crippen LogP) is 5.43. The van der Waals surface area contributed by atoms with E-state index in [2.05, 4.69) is 10.3 Å². The highest BCUT2D eigenvalue weighted by Gasteiger charge is 2.19. The number of methoxy groups -OCH3 is 2. The van der Waals surface area contributed by atoms with Crippen LogP contribution in [0.15, 0.2) is 77.6 Å². The second kappa shape index (κ2) is 10.3. The number of aromatic nitrogens is 1. The normalized spacial score (nSPS) is 10.7. The third-order valence-corrected chi connectivity index (χ3v) is 5.78. The maximum absolute atomic E-state index is 13.3. The van der Waals surface area contributed by atoms with Crippen molar-refractivity contribution in [3.05, 3.63) is 99.3 Å². The van der Waals surface area contributed by atoms with Crippen molar-refractivity contribution in [3.63, 3.8) is 0 Å². The van der Waals surface area contributed by atoms with Gasteiger partial charge in [0.25, 0.3) is 5.56 Å². The summed E-state index contributed by atoms with van der Waals surface area (Å²) in [4.78, 5) is 30.6. The van der Waals surface area contributed by atoms with Crippen molar-refractivity contribution in [2.24, 2.45) is 0 Å². The smallest absolute Gasteiger partial charge is 0.322 e. The SMILES string of the molecule is COc1ccc2cc(CN(Cc3ccccc3OC)C(=O)Nc3ccccc3Cl)c(=O)[nH]c2c1. The molecule has 2 amide bonds. The van der Waals surface area contributed by atoms with Crippen LogP contribution in [0.4, 0.5) is 10.5 Å². The summed E-state index contributed by atoms with van der Waals surface area (Å²) in [6, 6.07) is 21.3. The Morgan fingerprint density at radius 3 is 2.44 bits per heavy atom. The lowest BCUT2D eigenvalue weighted by atomic mass is 10.1. The number of nitrogens with one attached hydrogen (secondary N) is 2. The second-order valence-corrected chi connectivity index (χ2v) is 8.06. The summed E-state index contributed by atoms with van der Waals surface area (Å²) in [6.07, 6.45) is 0. The van der Waals surface area contributed by atoms with Gasteiger partial charge in [0.15, 0.2) is 0 Å². The van der Waals surface area contributed by atoms with Crippen LogP contribution >= 0.6 is 11.6 Å². The molecule has 4 aromatic rings. The summed E-state index contributed by atoms with van der Waals surface area (Å²) in [6.45, 7) is 0.298. The Kier molecular flexibility index (Phi) is 7.04. The molecule has 7 nitrogen and oxygen atoms in total. The summed E-state index contributed by atoms with van der Waals surface area (Å²) in [7, 11) is 3.15. The molecule has 4 rings (SSSR count). The Labute approximate surface area is 201 Å². The van der Waals surface area contributed by atoms with E-state index in [9.17, 15) is 9.59 Å². The number of urea groups is 1. The van der Waals surface area contributed by atoms with E-state index in [-0.39, 0.29) is 18.6 Å². The van der Waals surface area contributed by atoms with Crippen molar-refractivity contribution in [1.29, 1.82) is 0 Å². The first-order chi connectivity index (χ1) is 16.5. The number of ether oxygens (including phenoxy) is 2. The number of hydrogen-bond donors (Lipinski definition) is 2. The van der Waals surface area contributed by atoms with Gasteiger partial charge in [-0.3, -0.25) is 4.79 Å². The average Bonchev–Trinajstić information content (AvgIpc) is 2.85. The molecule has 0 unspecified atom stereocenters. The minimum Gasteiger partial charge on any atom is -0.497 e. The number of carbonyl (C=O) groups excluding carboxylic acids is 1. The van der Waals surface area contributed by atoms with Crippen LogP contribution in [0.3, 0.4) is 0 Å². The maximum Gasteiger partial charge on any atom is 0.322 e. The molecular formula is C26H24ClN3O4. The number of H-pyrrole nitrogens is 1. The van der Waals surface area contributed by atoms with Crippen LogP contribution < -0.4 is 20.3 Å². The number of aromatic amines is 1. The Morgan fingerprint density at radius 2 is 1.68 bits per heavy atom. The quantitative estimate of drug-likeness (QED) is 0.371. The van der Waals surface area contributed by atoms with E-state index >= 15 is 0 Å². The van der Waals surface area contributed by atoms with E-state index in [4.69, 9.17) is 21.1 Å². The van der Waals surface area contributed by atoms with Gasteiger partial charge in [0, 0.05) is 17.2 Å². The van der Waals surface area contributed by atoms with E-state index < -0.39 is 6.03 Å². The zero-order chi connectivity index (χ0) is 24.1. The lowest BCUT2D eigenvalue weighted by Crippen LogP contribution is -2.36. The van der Waals surface area contributed by atoms with Crippen LogP contribution in [-0.2, 0) is 13.1 Å². The van der Waals surface area contributed by atoms with Crippen molar-refractivity contribution >= 4 is 34.2 Å². The molecule has 0 fully saturated rings. The fraction of sp³-hybridized carbons (Fsp3) is 0.154. The summed E-state index contributed by atoms with van der Waals surface area (Å²) >= 11 is 6.24. The van der Waals surface area contributed by atoms with Crippen LogP contribution in [0.1, 0.15) is 11.1 Å². The fourth-order valence-electron chi connectivity index (χ4n) is 3.67. The lowest BCUT2D eigenvalue weighted by molar-refractivity contribution is 0.205. The fourth-order valence-corrected chi connectivity index (χ4v) is 3.85. The number of nitrogens with zero attached hydrogens (tertiary/aromatic N) is 1. The topological polar surface area (TPSA) is 83.7 Å². The largest absolute Gasteiger partial charge is 0.497 e. The molecular weight excluding hydrogens is 454 g/mol. The van der Waals surface area contributed by atoms with Gasteiger partial charge in [-0.25, -0.2) is 4.79 Å². The van der Waals surface area contributed by atoms with Crippen molar-refractivity contribution in [3.8, 4) is 11.5 Å². The zero-order valence-corrected chi connectivity index (χ0v) is 19.6. The van der Waals surface area contributed by atoms with E-state index in [1.165, 1.54) is 0 Å². The molecule has 0 saturated carbocycles. The second-order valence-electron chi connectivity index (χ2n) is 7.65. The van der Waals surface area contributed by atoms with Gasteiger partial charge >= 0.3 is 6.03 Å². The average molecular weight is 478 g/mol. The van der Waals surface area contributed by atoms with Crippen molar-refractivity contribution in [1.82, 2.24) is 9.88 Å². The summed E-state index contributed by atoms with van der Waals surface area (Å²) < 4.78 is 10.7. The first kappa shape index (κ1) is 23.2. The van der Waals surface area contributed by atoms with Gasteiger partial charge in [-0.15, -0.1) is 0 Å². The molecule has 0 aliphatic carbocycles. The van der Waals surface area contributed by atoms with Crippen LogP contribution in [0.2, 0.25) is 5.02 Å².